The van der Waals surface area contributed by atoms with E-state index in [0.29, 0.717) is 13.1 Å². The van der Waals surface area contributed by atoms with Gasteiger partial charge in [-0.1, -0.05) is 36.4 Å². The van der Waals surface area contributed by atoms with E-state index in [1.807, 2.05) is 32.9 Å². The maximum Gasteiger partial charge on any atom is 0.410 e. The minimum absolute atomic E-state index is 0.0313. The van der Waals surface area contributed by atoms with Gasteiger partial charge in [0, 0.05) is 18.7 Å². The van der Waals surface area contributed by atoms with Crippen LogP contribution in [0.4, 0.5) is 10.5 Å². The number of anilines is 1. The van der Waals surface area contributed by atoms with Crippen LogP contribution in [0.15, 0.2) is 72.8 Å². The first-order valence-corrected chi connectivity index (χ1v) is 14.8. The van der Waals surface area contributed by atoms with Gasteiger partial charge in [0.25, 0.3) is 0 Å². The van der Waals surface area contributed by atoms with Gasteiger partial charge in [-0.3, -0.25) is 0 Å². The molecule has 1 amide bonds. The molecule has 41 heavy (non-hydrogen) atoms. The van der Waals surface area contributed by atoms with Crippen molar-refractivity contribution in [3.05, 3.63) is 89.5 Å². The Bertz CT molecular complexity index is 1330. The molecule has 0 spiro atoms. The number of amides is 1. The van der Waals surface area contributed by atoms with E-state index in [-0.39, 0.29) is 24.5 Å². The van der Waals surface area contributed by atoms with E-state index < -0.39 is 5.60 Å². The Kier molecular flexibility index (Phi) is 7.80. The van der Waals surface area contributed by atoms with Crippen LogP contribution in [0.2, 0.25) is 0 Å². The lowest BCUT2D eigenvalue weighted by atomic mass is 9.87. The fraction of sp³-hybridized carbons (Fsp3) is 0.441. The van der Waals surface area contributed by atoms with E-state index in [2.05, 4.69) is 65.6 Å². The van der Waals surface area contributed by atoms with Crippen molar-refractivity contribution in [2.24, 2.45) is 0 Å². The maximum atomic E-state index is 12.3. The van der Waals surface area contributed by atoms with E-state index in [4.69, 9.17) is 18.9 Å². The van der Waals surface area contributed by atoms with Crippen molar-refractivity contribution in [2.75, 3.05) is 31.1 Å². The second kappa shape index (κ2) is 11.6. The van der Waals surface area contributed by atoms with Crippen LogP contribution in [0.5, 0.6) is 11.5 Å². The van der Waals surface area contributed by atoms with Crippen LogP contribution >= 0.6 is 0 Å². The zero-order valence-electron chi connectivity index (χ0n) is 24.3. The lowest BCUT2D eigenvalue weighted by molar-refractivity contribution is -0.105. The molecule has 7 nitrogen and oxygen atoms in total. The van der Waals surface area contributed by atoms with Gasteiger partial charge in [0.2, 0.25) is 0 Å². The van der Waals surface area contributed by atoms with Crippen LogP contribution < -0.4 is 14.4 Å². The number of para-hydroxylation sites is 1. The summed E-state index contributed by atoms with van der Waals surface area (Å²) in [5.41, 5.74) is 4.51. The third kappa shape index (κ3) is 6.46. The number of fused-ring (bicyclic) bond motifs is 1. The predicted molar refractivity (Wildman–Crippen MR) is 159 cm³/mol. The van der Waals surface area contributed by atoms with Gasteiger partial charge in [0.15, 0.2) is 6.29 Å². The summed E-state index contributed by atoms with van der Waals surface area (Å²) in [4.78, 5) is 16.4. The molecule has 216 valence electrons. The maximum absolute atomic E-state index is 12.3. The first kappa shape index (κ1) is 27.5. The Morgan fingerprint density at radius 3 is 2.37 bits per heavy atom. The van der Waals surface area contributed by atoms with Crippen molar-refractivity contribution in [1.82, 2.24) is 4.90 Å². The molecule has 7 heteroatoms. The average molecular weight is 557 g/mol. The van der Waals surface area contributed by atoms with Gasteiger partial charge in [-0.2, -0.15) is 0 Å². The van der Waals surface area contributed by atoms with E-state index in [1.165, 1.54) is 22.4 Å². The van der Waals surface area contributed by atoms with Crippen molar-refractivity contribution in [2.45, 2.75) is 70.5 Å². The van der Waals surface area contributed by atoms with Gasteiger partial charge in [0.05, 0.1) is 25.7 Å². The van der Waals surface area contributed by atoms with Crippen LogP contribution in [0, 0.1) is 0 Å². The first-order chi connectivity index (χ1) is 19.8. The number of hydrogen-bond acceptors (Lipinski definition) is 6. The second-order valence-corrected chi connectivity index (χ2v) is 12.2. The van der Waals surface area contributed by atoms with E-state index in [1.54, 1.807) is 4.90 Å². The molecule has 2 unspecified atom stereocenters. The highest BCUT2D eigenvalue weighted by Crippen LogP contribution is 2.40. The number of rotatable bonds is 6. The molecule has 3 aliphatic heterocycles. The average Bonchev–Trinajstić information content (AvgIpc) is 2.94. The summed E-state index contributed by atoms with van der Waals surface area (Å²) >= 11 is 0. The molecule has 2 saturated heterocycles. The highest BCUT2D eigenvalue weighted by molar-refractivity contribution is 5.69. The highest BCUT2D eigenvalue weighted by Gasteiger charge is 2.35. The quantitative estimate of drug-likeness (QED) is 0.335. The van der Waals surface area contributed by atoms with Crippen molar-refractivity contribution in [3.8, 4) is 11.5 Å². The normalized spacial score (nSPS) is 21.0. The van der Waals surface area contributed by atoms with E-state index in [9.17, 15) is 4.79 Å². The summed E-state index contributed by atoms with van der Waals surface area (Å²) in [7, 11) is 0. The van der Waals surface area contributed by atoms with E-state index in [0.717, 1.165) is 50.3 Å². The Balaban J connectivity index is 1.18. The summed E-state index contributed by atoms with van der Waals surface area (Å²) in [6.07, 6.45) is 3.67. The zero-order valence-corrected chi connectivity index (χ0v) is 24.3. The van der Waals surface area contributed by atoms with Crippen molar-refractivity contribution >= 4 is 11.8 Å². The Morgan fingerprint density at radius 1 is 0.902 bits per heavy atom. The Morgan fingerprint density at radius 2 is 1.66 bits per heavy atom. The van der Waals surface area contributed by atoms with Crippen molar-refractivity contribution in [1.29, 1.82) is 0 Å². The third-order valence-corrected chi connectivity index (χ3v) is 7.83. The van der Waals surface area contributed by atoms with Crippen LogP contribution in [0.1, 0.15) is 62.8 Å². The predicted octanol–water partition coefficient (Wildman–Crippen LogP) is 6.74. The summed E-state index contributed by atoms with van der Waals surface area (Å²) in [5.74, 6) is 1.69. The number of carbonyl (C=O) groups excluding carboxylic acids is 1. The summed E-state index contributed by atoms with van der Waals surface area (Å²) < 4.78 is 23.7. The first-order valence-electron chi connectivity index (χ1n) is 14.8. The van der Waals surface area contributed by atoms with Crippen molar-refractivity contribution in [3.63, 3.8) is 0 Å². The fourth-order valence-electron chi connectivity index (χ4n) is 5.80. The van der Waals surface area contributed by atoms with Gasteiger partial charge in [-0.05, 0) is 93.1 Å². The highest BCUT2D eigenvalue weighted by atomic mass is 16.7. The number of likely N-dealkylation sites (tertiary alicyclic amines) is 1. The number of hydrogen-bond donors (Lipinski definition) is 0. The van der Waals surface area contributed by atoms with Gasteiger partial charge < -0.3 is 28.7 Å². The monoisotopic (exact) mass is 556 g/mol. The molecular weight excluding hydrogens is 516 g/mol. The lowest BCUT2D eigenvalue weighted by Crippen LogP contribution is -2.57. The van der Waals surface area contributed by atoms with Crippen LogP contribution in [-0.2, 0) is 15.9 Å². The number of carbonyl (C=O) groups is 1. The molecule has 0 aromatic heterocycles. The molecule has 0 saturated carbocycles. The number of ether oxygens (including phenoxy) is 4. The van der Waals surface area contributed by atoms with Gasteiger partial charge in [-0.15, -0.1) is 0 Å². The minimum Gasteiger partial charge on any atom is -0.487 e. The van der Waals surface area contributed by atoms with Crippen molar-refractivity contribution < 1.29 is 23.7 Å². The van der Waals surface area contributed by atoms with Crippen LogP contribution in [0.3, 0.4) is 0 Å². The van der Waals surface area contributed by atoms with Gasteiger partial charge in [0.1, 0.15) is 23.2 Å². The third-order valence-electron chi connectivity index (χ3n) is 7.83. The molecule has 6 rings (SSSR count). The summed E-state index contributed by atoms with van der Waals surface area (Å²) in [6.45, 7) is 8.38. The Labute approximate surface area is 243 Å². The molecular formula is C34H40N2O5. The SMILES string of the molecule is CC(C)(C)OC(=O)N1CC(Oc2ccc(C3c4ccc(OC5CCCCO5)cc4CCN3c3ccccc3)cc2)C1. The largest absolute Gasteiger partial charge is 0.487 e. The topological polar surface area (TPSA) is 60.5 Å². The molecule has 0 aliphatic carbocycles. The van der Waals surface area contributed by atoms with Gasteiger partial charge in [-0.25, -0.2) is 4.79 Å². The molecule has 0 radical (unpaired) electrons. The summed E-state index contributed by atoms with van der Waals surface area (Å²) in [6, 6.07) is 25.6. The molecule has 3 heterocycles. The van der Waals surface area contributed by atoms with E-state index >= 15 is 0 Å². The molecule has 0 N–H and O–H groups in total. The second-order valence-electron chi connectivity index (χ2n) is 12.2. The molecule has 0 bridgehead atoms. The molecule has 2 atom stereocenters. The number of benzene rings is 3. The Hall–Kier alpha value is -3.71. The lowest BCUT2D eigenvalue weighted by Gasteiger charge is -2.40. The standard InChI is InChI=1S/C34H40N2O5/c1-34(2,3)41-33(37)35-22-29(23-35)39-27-14-12-24(13-15-27)32-30-17-16-28(40-31-11-7-8-20-38-31)21-25(30)18-19-36(32)26-9-5-4-6-10-26/h4-6,9-10,12-17,21,29,31-32H,7-8,11,18-20,22-23H2,1-3H3. The molecule has 2 fully saturated rings. The number of nitrogens with zero attached hydrogens (tertiary/aromatic N) is 2. The molecule has 3 aromatic rings. The van der Waals surface area contributed by atoms with Crippen LogP contribution in [0.25, 0.3) is 0 Å². The fourth-order valence-corrected chi connectivity index (χ4v) is 5.80. The molecule has 3 aliphatic rings. The summed E-state index contributed by atoms with van der Waals surface area (Å²) in [5, 5.41) is 0. The van der Waals surface area contributed by atoms with Crippen LogP contribution in [-0.4, -0.2) is 55.2 Å². The molecule has 3 aromatic carbocycles. The smallest absolute Gasteiger partial charge is 0.410 e. The minimum atomic E-state index is -0.497. The van der Waals surface area contributed by atoms with Gasteiger partial charge >= 0.3 is 6.09 Å². The zero-order chi connectivity index (χ0) is 28.4.